The van der Waals surface area contributed by atoms with Crippen LogP contribution in [0.3, 0.4) is 0 Å². The molecule has 0 aliphatic carbocycles. The van der Waals surface area contributed by atoms with E-state index in [1.165, 1.54) is 0 Å². The Kier molecular flexibility index (Phi) is 3.84. The molecule has 0 radical (unpaired) electrons. The van der Waals surface area contributed by atoms with Crippen molar-refractivity contribution in [1.82, 2.24) is 4.98 Å². The van der Waals surface area contributed by atoms with Crippen LogP contribution in [0.5, 0.6) is 11.5 Å². The summed E-state index contributed by atoms with van der Waals surface area (Å²) < 4.78 is 5.94. The molecule has 1 atom stereocenters. The Hall–Kier alpha value is -2.39. The summed E-state index contributed by atoms with van der Waals surface area (Å²) in [6.45, 7) is 1.95. The molecule has 1 aromatic heterocycles. The van der Waals surface area contributed by atoms with Gasteiger partial charge in [0.25, 0.3) is 0 Å². The number of aliphatic hydroxyl groups excluding tert-OH is 1. The number of fused-ring (bicyclic) bond motifs is 1. The first-order chi connectivity index (χ1) is 10.3. The standard InChI is InChI=1S/C18H17NO2/c1-2-17(20)15-7-3-4-8-18(15)21-14-10-9-13-6-5-11-19-16(13)12-14/h3-12,17,20H,2H2,1H3/t17-/m0/s1. The second kappa shape index (κ2) is 5.94. The van der Waals surface area contributed by atoms with Crippen molar-refractivity contribution in [3.05, 3.63) is 66.4 Å². The van der Waals surface area contributed by atoms with Gasteiger partial charge in [-0.2, -0.15) is 0 Å². The first-order valence-electron chi connectivity index (χ1n) is 7.07. The Bertz CT molecular complexity index is 755. The van der Waals surface area contributed by atoms with E-state index in [0.717, 1.165) is 22.2 Å². The Morgan fingerprint density at radius 3 is 2.81 bits per heavy atom. The van der Waals surface area contributed by atoms with E-state index in [1.54, 1.807) is 6.20 Å². The Morgan fingerprint density at radius 1 is 1.10 bits per heavy atom. The molecule has 0 spiro atoms. The van der Waals surface area contributed by atoms with Crippen LogP contribution in [0.2, 0.25) is 0 Å². The topological polar surface area (TPSA) is 42.4 Å². The predicted molar refractivity (Wildman–Crippen MR) is 83.5 cm³/mol. The predicted octanol–water partition coefficient (Wildman–Crippen LogP) is 4.47. The minimum Gasteiger partial charge on any atom is -0.457 e. The van der Waals surface area contributed by atoms with Crippen LogP contribution in [-0.2, 0) is 0 Å². The number of rotatable bonds is 4. The average Bonchev–Trinajstić information content (AvgIpc) is 2.54. The zero-order chi connectivity index (χ0) is 14.7. The highest BCUT2D eigenvalue weighted by molar-refractivity contribution is 5.79. The zero-order valence-electron chi connectivity index (χ0n) is 11.9. The average molecular weight is 279 g/mol. The van der Waals surface area contributed by atoms with Crippen molar-refractivity contribution in [3.63, 3.8) is 0 Å². The van der Waals surface area contributed by atoms with E-state index in [2.05, 4.69) is 4.98 Å². The van der Waals surface area contributed by atoms with Crippen LogP contribution in [0, 0.1) is 0 Å². The van der Waals surface area contributed by atoms with E-state index in [1.807, 2.05) is 61.5 Å². The Morgan fingerprint density at radius 2 is 1.95 bits per heavy atom. The molecule has 1 heterocycles. The first-order valence-corrected chi connectivity index (χ1v) is 7.07. The quantitative estimate of drug-likeness (QED) is 0.766. The number of hydrogen-bond donors (Lipinski definition) is 1. The van der Waals surface area contributed by atoms with Crippen molar-refractivity contribution in [1.29, 1.82) is 0 Å². The van der Waals surface area contributed by atoms with Gasteiger partial charge in [-0.05, 0) is 30.7 Å². The lowest BCUT2D eigenvalue weighted by molar-refractivity contribution is 0.170. The number of para-hydroxylation sites is 1. The second-order valence-corrected chi connectivity index (χ2v) is 4.92. The molecule has 0 aliphatic rings. The molecule has 106 valence electrons. The van der Waals surface area contributed by atoms with Gasteiger partial charge >= 0.3 is 0 Å². The summed E-state index contributed by atoms with van der Waals surface area (Å²) in [5, 5.41) is 11.1. The van der Waals surface area contributed by atoms with Gasteiger partial charge in [0.1, 0.15) is 11.5 Å². The fraction of sp³-hybridized carbons (Fsp3) is 0.167. The van der Waals surface area contributed by atoms with Gasteiger partial charge in [-0.25, -0.2) is 0 Å². The van der Waals surface area contributed by atoms with Gasteiger partial charge < -0.3 is 9.84 Å². The van der Waals surface area contributed by atoms with E-state index < -0.39 is 6.10 Å². The van der Waals surface area contributed by atoms with E-state index >= 15 is 0 Å². The summed E-state index contributed by atoms with van der Waals surface area (Å²) in [6.07, 6.45) is 1.90. The maximum Gasteiger partial charge on any atom is 0.133 e. The number of aromatic nitrogens is 1. The van der Waals surface area contributed by atoms with E-state index in [4.69, 9.17) is 4.74 Å². The molecule has 3 heteroatoms. The summed E-state index contributed by atoms with van der Waals surface area (Å²) in [5.41, 5.74) is 1.70. The van der Waals surface area contributed by atoms with Crippen molar-refractivity contribution < 1.29 is 9.84 Å². The fourth-order valence-corrected chi connectivity index (χ4v) is 2.31. The van der Waals surface area contributed by atoms with Crippen LogP contribution >= 0.6 is 0 Å². The van der Waals surface area contributed by atoms with Crippen LogP contribution in [0.1, 0.15) is 25.0 Å². The first kappa shape index (κ1) is 13.6. The summed E-state index contributed by atoms with van der Waals surface area (Å²) in [5.74, 6) is 1.40. The molecular weight excluding hydrogens is 262 g/mol. The number of pyridine rings is 1. The molecule has 0 unspecified atom stereocenters. The highest BCUT2D eigenvalue weighted by Crippen LogP contribution is 2.31. The van der Waals surface area contributed by atoms with E-state index in [9.17, 15) is 5.11 Å². The van der Waals surface area contributed by atoms with Crippen LogP contribution in [0.4, 0.5) is 0 Å². The summed E-state index contributed by atoms with van der Waals surface area (Å²) >= 11 is 0. The lowest BCUT2D eigenvalue weighted by Crippen LogP contribution is -1.98. The van der Waals surface area contributed by atoms with Crippen molar-refractivity contribution in [2.75, 3.05) is 0 Å². The van der Waals surface area contributed by atoms with Gasteiger partial charge in [0, 0.05) is 23.2 Å². The molecule has 0 fully saturated rings. The maximum atomic E-state index is 10.1. The number of nitrogens with zero attached hydrogens (tertiary/aromatic N) is 1. The van der Waals surface area contributed by atoms with Gasteiger partial charge in [-0.15, -0.1) is 0 Å². The molecule has 0 aliphatic heterocycles. The molecular formula is C18H17NO2. The summed E-state index contributed by atoms with van der Waals surface area (Å²) in [6, 6.07) is 17.3. The molecule has 2 aromatic carbocycles. The minimum absolute atomic E-state index is 0.514. The normalized spacial score (nSPS) is 12.3. The molecule has 0 amide bonds. The van der Waals surface area contributed by atoms with Crippen LogP contribution < -0.4 is 4.74 Å². The van der Waals surface area contributed by atoms with Crippen LogP contribution in [0.25, 0.3) is 10.9 Å². The molecule has 3 nitrogen and oxygen atoms in total. The SMILES string of the molecule is CC[C@H](O)c1ccccc1Oc1ccc2cccnc2c1. The largest absolute Gasteiger partial charge is 0.457 e. The number of hydrogen-bond acceptors (Lipinski definition) is 3. The summed E-state index contributed by atoms with van der Waals surface area (Å²) in [4.78, 5) is 4.33. The zero-order valence-corrected chi connectivity index (χ0v) is 11.9. The molecule has 3 rings (SSSR count). The Balaban J connectivity index is 1.95. The van der Waals surface area contributed by atoms with Crippen molar-refractivity contribution in [2.45, 2.75) is 19.4 Å². The van der Waals surface area contributed by atoms with Gasteiger partial charge in [0.2, 0.25) is 0 Å². The van der Waals surface area contributed by atoms with Crippen LogP contribution in [0.15, 0.2) is 60.8 Å². The highest BCUT2D eigenvalue weighted by atomic mass is 16.5. The minimum atomic E-state index is -0.514. The molecule has 3 aromatic rings. The monoisotopic (exact) mass is 279 g/mol. The highest BCUT2D eigenvalue weighted by Gasteiger charge is 2.11. The van der Waals surface area contributed by atoms with Crippen molar-refractivity contribution in [2.24, 2.45) is 0 Å². The molecule has 0 bridgehead atoms. The number of aliphatic hydroxyl groups is 1. The molecule has 0 saturated heterocycles. The molecule has 1 N–H and O–H groups in total. The second-order valence-electron chi connectivity index (χ2n) is 4.92. The molecule has 0 saturated carbocycles. The lowest BCUT2D eigenvalue weighted by Gasteiger charge is -2.14. The van der Waals surface area contributed by atoms with E-state index in [0.29, 0.717) is 12.2 Å². The third-order valence-electron chi connectivity index (χ3n) is 3.47. The van der Waals surface area contributed by atoms with Crippen molar-refractivity contribution >= 4 is 10.9 Å². The Labute approximate surface area is 123 Å². The lowest BCUT2D eigenvalue weighted by atomic mass is 10.1. The van der Waals surface area contributed by atoms with Gasteiger partial charge in [0.15, 0.2) is 0 Å². The third kappa shape index (κ3) is 2.88. The van der Waals surface area contributed by atoms with Gasteiger partial charge in [0.05, 0.1) is 11.6 Å². The van der Waals surface area contributed by atoms with Crippen molar-refractivity contribution in [3.8, 4) is 11.5 Å². The third-order valence-corrected chi connectivity index (χ3v) is 3.47. The van der Waals surface area contributed by atoms with Gasteiger partial charge in [-0.1, -0.05) is 31.2 Å². The van der Waals surface area contributed by atoms with Crippen LogP contribution in [-0.4, -0.2) is 10.1 Å². The van der Waals surface area contributed by atoms with Gasteiger partial charge in [-0.3, -0.25) is 4.98 Å². The fourth-order valence-electron chi connectivity index (χ4n) is 2.31. The smallest absolute Gasteiger partial charge is 0.133 e. The summed E-state index contributed by atoms with van der Waals surface area (Å²) in [7, 11) is 0. The molecule has 21 heavy (non-hydrogen) atoms. The number of benzene rings is 2. The maximum absolute atomic E-state index is 10.1. The van der Waals surface area contributed by atoms with E-state index in [-0.39, 0.29) is 0 Å². The number of ether oxygens (including phenoxy) is 1.